The second kappa shape index (κ2) is 7.51. The van der Waals surface area contributed by atoms with E-state index in [1.165, 1.54) is 51.0 Å². The first-order chi connectivity index (χ1) is 9.28. The second-order valence-corrected chi connectivity index (χ2v) is 5.52. The topological polar surface area (TPSA) is 32.5 Å². The van der Waals surface area contributed by atoms with E-state index in [0.717, 1.165) is 18.8 Å². The summed E-state index contributed by atoms with van der Waals surface area (Å²) < 4.78 is 0. The van der Waals surface area contributed by atoms with Crippen molar-refractivity contribution in [1.29, 1.82) is 0 Å². The van der Waals surface area contributed by atoms with Gasteiger partial charge in [0.15, 0.2) is 0 Å². The summed E-state index contributed by atoms with van der Waals surface area (Å²) in [7, 11) is 0. The highest BCUT2D eigenvalue weighted by atomic mass is 15.2. The monoisotopic (exact) mass is 261 g/mol. The van der Waals surface area contributed by atoms with Crippen molar-refractivity contribution in [3.8, 4) is 0 Å². The van der Waals surface area contributed by atoms with Gasteiger partial charge in [-0.3, -0.25) is 4.90 Å². The van der Waals surface area contributed by atoms with Crippen molar-refractivity contribution in [2.75, 3.05) is 38.5 Å². The fraction of sp³-hybridized carbons (Fsp3) is 0.625. The summed E-state index contributed by atoms with van der Waals surface area (Å²) in [5, 5.41) is 0. The van der Waals surface area contributed by atoms with E-state index in [4.69, 9.17) is 5.73 Å². The average Bonchev–Trinajstić information content (AvgIpc) is 2.91. The zero-order valence-corrected chi connectivity index (χ0v) is 12.1. The zero-order chi connectivity index (χ0) is 13.5. The summed E-state index contributed by atoms with van der Waals surface area (Å²) >= 11 is 0. The average molecular weight is 261 g/mol. The molecular formula is C16H27N3. The van der Waals surface area contributed by atoms with Gasteiger partial charge in [0.1, 0.15) is 0 Å². The molecule has 0 spiro atoms. The molecule has 1 heterocycles. The Morgan fingerprint density at radius 2 is 2.05 bits per heavy atom. The molecule has 1 aromatic rings. The van der Waals surface area contributed by atoms with Crippen LogP contribution in [0.25, 0.3) is 0 Å². The number of hydrogen-bond acceptors (Lipinski definition) is 3. The minimum absolute atomic E-state index is 0.866. The van der Waals surface area contributed by atoms with Crippen LogP contribution in [0.1, 0.15) is 31.7 Å². The lowest BCUT2D eigenvalue weighted by Gasteiger charge is -2.22. The van der Waals surface area contributed by atoms with Crippen LogP contribution in [0.15, 0.2) is 24.3 Å². The molecule has 0 aromatic heterocycles. The molecule has 1 aliphatic rings. The molecule has 2 rings (SSSR count). The Hall–Kier alpha value is -1.06. The number of benzene rings is 1. The van der Waals surface area contributed by atoms with Crippen LogP contribution in [0.5, 0.6) is 0 Å². The largest absolute Gasteiger partial charge is 0.399 e. The number of nitrogens with zero attached hydrogens (tertiary/aromatic N) is 2. The van der Waals surface area contributed by atoms with Crippen LogP contribution >= 0.6 is 0 Å². The fourth-order valence-corrected chi connectivity index (χ4v) is 2.82. The number of anilines is 1. The van der Waals surface area contributed by atoms with Gasteiger partial charge in [-0.05, 0) is 69.7 Å². The normalized spacial score (nSPS) is 16.3. The van der Waals surface area contributed by atoms with Crippen molar-refractivity contribution < 1.29 is 0 Å². The third-order valence-electron chi connectivity index (χ3n) is 3.95. The van der Waals surface area contributed by atoms with Crippen LogP contribution in [0, 0.1) is 0 Å². The van der Waals surface area contributed by atoms with E-state index in [1.807, 2.05) is 12.1 Å². The van der Waals surface area contributed by atoms with Crippen molar-refractivity contribution in [3.05, 3.63) is 29.8 Å². The Kier molecular flexibility index (Phi) is 5.67. The lowest BCUT2D eigenvalue weighted by Crippen LogP contribution is -2.28. The van der Waals surface area contributed by atoms with Gasteiger partial charge in [-0.25, -0.2) is 0 Å². The summed E-state index contributed by atoms with van der Waals surface area (Å²) in [5.41, 5.74) is 8.02. The van der Waals surface area contributed by atoms with Crippen molar-refractivity contribution >= 4 is 5.69 Å². The van der Waals surface area contributed by atoms with Crippen molar-refractivity contribution in [2.24, 2.45) is 0 Å². The standard InChI is InChI=1S/C16H27N3/c1-2-18(11-6-12-19-9-3-4-10-19)14-15-7-5-8-16(17)13-15/h5,7-8,13H,2-4,6,9-12,14,17H2,1H3. The number of nitrogens with two attached hydrogens (primary N) is 1. The quantitative estimate of drug-likeness (QED) is 0.766. The minimum atomic E-state index is 0.866. The Bertz CT molecular complexity index is 372. The summed E-state index contributed by atoms with van der Waals surface area (Å²) in [6, 6.07) is 8.25. The highest BCUT2D eigenvalue weighted by Crippen LogP contribution is 2.11. The zero-order valence-electron chi connectivity index (χ0n) is 12.1. The molecule has 1 saturated heterocycles. The van der Waals surface area contributed by atoms with Crippen molar-refractivity contribution in [2.45, 2.75) is 32.7 Å². The molecule has 2 N–H and O–H groups in total. The molecule has 106 valence electrons. The predicted molar refractivity (Wildman–Crippen MR) is 82.1 cm³/mol. The molecular weight excluding hydrogens is 234 g/mol. The van der Waals surface area contributed by atoms with E-state index in [-0.39, 0.29) is 0 Å². The Labute approximate surface area is 117 Å². The fourth-order valence-electron chi connectivity index (χ4n) is 2.82. The third-order valence-corrected chi connectivity index (χ3v) is 3.95. The summed E-state index contributed by atoms with van der Waals surface area (Å²) in [6.07, 6.45) is 4.05. The summed E-state index contributed by atoms with van der Waals surface area (Å²) in [4.78, 5) is 5.10. The van der Waals surface area contributed by atoms with Gasteiger partial charge in [-0.2, -0.15) is 0 Å². The van der Waals surface area contributed by atoms with Crippen molar-refractivity contribution in [1.82, 2.24) is 9.80 Å². The van der Waals surface area contributed by atoms with Crippen LogP contribution in [0.4, 0.5) is 5.69 Å². The smallest absolute Gasteiger partial charge is 0.0317 e. The molecule has 0 aliphatic carbocycles. The van der Waals surface area contributed by atoms with Gasteiger partial charge in [0.25, 0.3) is 0 Å². The Balaban J connectivity index is 1.73. The maximum Gasteiger partial charge on any atom is 0.0317 e. The molecule has 1 aromatic carbocycles. The van der Waals surface area contributed by atoms with Crippen LogP contribution in [0.3, 0.4) is 0 Å². The molecule has 0 bridgehead atoms. The van der Waals surface area contributed by atoms with Gasteiger partial charge in [-0.1, -0.05) is 19.1 Å². The third kappa shape index (κ3) is 4.84. The molecule has 19 heavy (non-hydrogen) atoms. The van der Waals surface area contributed by atoms with E-state index in [2.05, 4.69) is 28.9 Å². The molecule has 0 saturated carbocycles. The van der Waals surface area contributed by atoms with E-state index in [0.29, 0.717) is 0 Å². The van der Waals surface area contributed by atoms with Gasteiger partial charge >= 0.3 is 0 Å². The second-order valence-electron chi connectivity index (χ2n) is 5.52. The Morgan fingerprint density at radius 1 is 1.26 bits per heavy atom. The lowest BCUT2D eigenvalue weighted by atomic mass is 10.2. The highest BCUT2D eigenvalue weighted by molar-refractivity contribution is 5.40. The molecule has 0 atom stereocenters. The number of hydrogen-bond donors (Lipinski definition) is 1. The van der Waals surface area contributed by atoms with Gasteiger partial charge in [0, 0.05) is 12.2 Å². The summed E-state index contributed by atoms with van der Waals surface area (Å²) in [6.45, 7) is 9.41. The van der Waals surface area contributed by atoms with Gasteiger partial charge < -0.3 is 10.6 Å². The maximum atomic E-state index is 5.83. The molecule has 1 aliphatic heterocycles. The van der Waals surface area contributed by atoms with Crippen LogP contribution in [-0.4, -0.2) is 42.5 Å². The van der Waals surface area contributed by atoms with Crippen LogP contribution in [0.2, 0.25) is 0 Å². The van der Waals surface area contributed by atoms with E-state index < -0.39 is 0 Å². The molecule has 0 radical (unpaired) electrons. The maximum absolute atomic E-state index is 5.83. The van der Waals surface area contributed by atoms with Gasteiger partial charge in [0.2, 0.25) is 0 Å². The first-order valence-electron chi connectivity index (χ1n) is 7.57. The highest BCUT2D eigenvalue weighted by Gasteiger charge is 2.11. The first-order valence-corrected chi connectivity index (χ1v) is 7.57. The number of nitrogen functional groups attached to an aromatic ring is 1. The number of likely N-dealkylation sites (tertiary alicyclic amines) is 1. The summed E-state index contributed by atoms with van der Waals surface area (Å²) in [5.74, 6) is 0. The van der Waals surface area contributed by atoms with E-state index in [9.17, 15) is 0 Å². The predicted octanol–water partition coefficient (Wildman–Crippen LogP) is 2.58. The lowest BCUT2D eigenvalue weighted by molar-refractivity contribution is 0.248. The van der Waals surface area contributed by atoms with Gasteiger partial charge in [-0.15, -0.1) is 0 Å². The van der Waals surface area contributed by atoms with Gasteiger partial charge in [0.05, 0.1) is 0 Å². The van der Waals surface area contributed by atoms with Crippen molar-refractivity contribution in [3.63, 3.8) is 0 Å². The molecule has 3 nitrogen and oxygen atoms in total. The van der Waals surface area contributed by atoms with E-state index >= 15 is 0 Å². The van der Waals surface area contributed by atoms with Crippen LogP contribution in [-0.2, 0) is 6.54 Å². The molecule has 0 unspecified atom stereocenters. The Morgan fingerprint density at radius 3 is 2.74 bits per heavy atom. The molecule has 3 heteroatoms. The minimum Gasteiger partial charge on any atom is -0.399 e. The number of rotatable bonds is 7. The van der Waals surface area contributed by atoms with Crippen LogP contribution < -0.4 is 5.73 Å². The molecule has 0 amide bonds. The van der Waals surface area contributed by atoms with E-state index in [1.54, 1.807) is 0 Å². The molecule has 1 fully saturated rings. The first kappa shape index (κ1) is 14.4. The SMILES string of the molecule is CCN(CCCN1CCCC1)Cc1cccc(N)c1.